The molecule has 0 spiro atoms. The van der Waals surface area contributed by atoms with Crippen molar-refractivity contribution in [2.45, 2.75) is 5.92 Å². The fraction of sp³-hybridized carbons (Fsp3) is 0.0625. The second-order valence-electron chi connectivity index (χ2n) is 5.29. The Hall–Kier alpha value is -3.55. The fourth-order valence-corrected chi connectivity index (χ4v) is 2.72. The number of Topliss-reactive ketones (excluding diaryl/α,β-unsaturated/α-hetero) is 1. The second kappa shape index (κ2) is 4.98. The van der Waals surface area contributed by atoms with Gasteiger partial charge in [0.1, 0.15) is 40.4 Å². The molecule has 1 aliphatic carbocycles. The lowest BCUT2D eigenvalue weighted by Gasteiger charge is -2.32. The summed E-state index contributed by atoms with van der Waals surface area (Å²) >= 11 is 0. The molecule has 3 rings (SSSR count). The van der Waals surface area contributed by atoms with Gasteiger partial charge in [-0.2, -0.15) is 0 Å². The summed E-state index contributed by atoms with van der Waals surface area (Å²) in [6, 6.07) is 3.37. The van der Waals surface area contributed by atoms with Crippen molar-refractivity contribution in [3.63, 3.8) is 0 Å². The van der Waals surface area contributed by atoms with Crippen molar-refractivity contribution in [1.29, 1.82) is 0 Å². The number of ketones is 1. The van der Waals surface area contributed by atoms with E-state index >= 15 is 0 Å². The molecule has 0 aromatic heterocycles. The van der Waals surface area contributed by atoms with Gasteiger partial charge in [-0.1, -0.05) is 5.75 Å². The van der Waals surface area contributed by atoms with Gasteiger partial charge in [0.05, 0.1) is 11.1 Å². The van der Waals surface area contributed by atoms with E-state index in [4.69, 9.17) is 0 Å². The Morgan fingerprint density at radius 1 is 0.792 bits per heavy atom. The molecule has 0 fully saturated rings. The number of aliphatic hydroxyl groups excluding tert-OH is 1. The fourth-order valence-electron chi connectivity index (χ4n) is 2.72. The zero-order valence-electron chi connectivity index (χ0n) is 11.9. The number of benzene rings is 2. The largest absolute Gasteiger partial charge is 0.872 e. The van der Waals surface area contributed by atoms with E-state index in [0.717, 1.165) is 24.3 Å². The maximum Gasteiger partial charge on any atom is 0.182 e. The molecule has 2 aromatic carbocycles. The Bertz CT molecular complexity index is 866. The highest BCUT2D eigenvalue weighted by Crippen LogP contribution is 2.52. The Balaban J connectivity index is 2.15. The van der Waals surface area contributed by atoms with Crippen LogP contribution >= 0.6 is 0 Å². The number of carbonyl (C=O) groups is 1. The molecule has 0 heterocycles. The van der Waals surface area contributed by atoms with Gasteiger partial charge in [0.15, 0.2) is 5.78 Å². The van der Waals surface area contributed by atoms with Crippen LogP contribution in [0.15, 0.2) is 30.0 Å². The molecule has 0 saturated heterocycles. The van der Waals surface area contributed by atoms with Crippen LogP contribution in [0, 0.1) is 0 Å². The van der Waals surface area contributed by atoms with Gasteiger partial charge in [-0.15, -0.1) is 0 Å². The highest BCUT2D eigenvalue weighted by molar-refractivity contribution is 6.33. The minimum Gasteiger partial charge on any atom is -0.872 e. The van der Waals surface area contributed by atoms with Gasteiger partial charge in [-0.25, -0.2) is 0 Å². The Morgan fingerprint density at radius 2 is 1.29 bits per heavy atom. The van der Waals surface area contributed by atoms with Crippen LogP contribution in [-0.2, 0) is 4.79 Å². The van der Waals surface area contributed by atoms with Crippen molar-refractivity contribution in [3.05, 3.63) is 41.2 Å². The lowest BCUT2D eigenvalue weighted by molar-refractivity contribution is -0.269. The first-order valence-corrected chi connectivity index (χ1v) is 6.68. The van der Waals surface area contributed by atoms with Gasteiger partial charge >= 0.3 is 0 Å². The van der Waals surface area contributed by atoms with Crippen molar-refractivity contribution >= 4 is 11.4 Å². The van der Waals surface area contributed by atoms with Gasteiger partial charge in [-0.05, 0) is 6.07 Å². The van der Waals surface area contributed by atoms with Gasteiger partial charge in [0.2, 0.25) is 0 Å². The number of rotatable bonds is 2. The molecule has 8 nitrogen and oxygen atoms in total. The lowest BCUT2D eigenvalue weighted by atomic mass is 9.74. The first-order chi connectivity index (χ1) is 11.2. The van der Waals surface area contributed by atoms with Crippen molar-refractivity contribution in [2.24, 2.45) is 0 Å². The van der Waals surface area contributed by atoms with Crippen LogP contribution in [0.25, 0.3) is 5.57 Å². The summed E-state index contributed by atoms with van der Waals surface area (Å²) in [6.45, 7) is 0. The number of phenolic OH excluding ortho intramolecular Hbond substituents is 5. The quantitative estimate of drug-likeness (QED) is 0.473. The molecule has 6 N–H and O–H groups in total. The molecular formula is C16H11O8-. The predicted molar refractivity (Wildman–Crippen MR) is 78.0 cm³/mol. The molecule has 0 bridgehead atoms. The molecule has 1 atom stereocenters. The molecule has 124 valence electrons. The standard InChI is InChI=1S/C16H12O8/c17-5-1-7(19)11(8(20)2-5)13-15(23)14(16(13)24)12-9(21)3-6(18)4-10(12)22/h1-4,13,17-23H/p-1. The molecule has 0 saturated carbocycles. The molecular weight excluding hydrogens is 320 g/mol. The summed E-state index contributed by atoms with van der Waals surface area (Å²) < 4.78 is 0. The van der Waals surface area contributed by atoms with E-state index in [0.29, 0.717) is 0 Å². The van der Waals surface area contributed by atoms with Crippen molar-refractivity contribution in [2.75, 3.05) is 0 Å². The molecule has 1 aliphatic rings. The maximum atomic E-state index is 12.3. The van der Waals surface area contributed by atoms with E-state index in [9.17, 15) is 40.5 Å². The second-order valence-corrected chi connectivity index (χ2v) is 5.29. The van der Waals surface area contributed by atoms with Crippen LogP contribution in [0.2, 0.25) is 0 Å². The number of aliphatic hydroxyl groups is 1. The number of allylic oxidation sites excluding steroid dienone is 2. The summed E-state index contributed by atoms with van der Waals surface area (Å²) in [6.07, 6.45) is 0. The van der Waals surface area contributed by atoms with Gasteiger partial charge in [-0.3, -0.25) is 4.79 Å². The summed E-state index contributed by atoms with van der Waals surface area (Å²) in [4.78, 5) is 12.3. The van der Waals surface area contributed by atoms with Crippen LogP contribution in [0.5, 0.6) is 34.5 Å². The number of hydrogen-bond acceptors (Lipinski definition) is 8. The van der Waals surface area contributed by atoms with Gasteiger partial charge in [0, 0.05) is 23.8 Å². The average Bonchev–Trinajstić information content (AvgIpc) is 2.46. The molecule has 2 aromatic rings. The molecule has 8 heteroatoms. The SMILES string of the molecule is O=C1C(c2c(O)cc(O)cc2O)=C(O)C1c1c([O-])cc(O)cc1O. The third kappa shape index (κ3) is 2.04. The minimum atomic E-state index is -1.47. The monoisotopic (exact) mass is 331 g/mol. The predicted octanol–water partition coefficient (Wildman–Crippen LogP) is 0.924. The molecule has 0 radical (unpaired) electrons. The Labute approximate surface area is 134 Å². The molecule has 24 heavy (non-hydrogen) atoms. The highest BCUT2D eigenvalue weighted by atomic mass is 16.3. The zero-order chi connectivity index (χ0) is 17.8. The summed E-state index contributed by atoms with van der Waals surface area (Å²) in [7, 11) is 0. The van der Waals surface area contributed by atoms with E-state index in [1.165, 1.54) is 0 Å². The summed E-state index contributed by atoms with van der Waals surface area (Å²) in [5.41, 5.74) is -1.24. The molecule has 0 amide bonds. The summed E-state index contributed by atoms with van der Waals surface area (Å²) in [5, 5.41) is 69.9. The van der Waals surface area contributed by atoms with Gasteiger partial charge in [0.25, 0.3) is 0 Å². The number of phenols is 5. The normalized spacial score (nSPS) is 17.0. The van der Waals surface area contributed by atoms with Crippen LogP contribution in [0.3, 0.4) is 0 Å². The van der Waals surface area contributed by atoms with Crippen LogP contribution in [0.4, 0.5) is 0 Å². The van der Waals surface area contributed by atoms with Crippen LogP contribution < -0.4 is 5.11 Å². The Kier molecular flexibility index (Phi) is 3.19. The molecule has 1 unspecified atom stereocenters. The van der Waals surface area contributed by atoms with Crippen molar-refractivity contribution in [1.82, 2.24) is 0 Å². The minimum absolute atomic E-state index is 0.391. The van der Waals surface area contributed by atoms with Crippen LogP contribution in [0.1, 0.15) is 17.0 Å². The van der Waals surface area contributed by atoms with Crippen LogP contribution in [-0.4, -0.2) is 36.4 Å². The van der Waals surface area contributed by atoms with E-state index in [2.05, 4.69) is 0 Å². The zero-order valence-corrected chi connectivity index (χ0v) is 11.9. The lowest BCUT2D eigenvalue weighted by Crippen LogP contribution is -2.29. The summed E-state index contributed by atoms with van der Waals surface area (Å²) in [5.74, 6) is -6.66. The van der Waals surface area contributed by atoms with E-state index in [1.54, 1.807) is 0 Å². The van der Waals surface area contributed by atoms with Crippen molar-refractivity contribution < 1.29 is 40.5 Å². The topological polar surface area (TPSA) is 162 Å². The average molecular weight is 331 g/mol. The third-order valence-electron chi connectivity index (χ3n) is 3.76. The Morgan fingerprint density at radius 3 is 1.79 bits per heavy atom. The van der Waals surface area contributed by atoms with E-state index in [-0.39, 0.29) is 0 Å². The maximum absolute atomic E-state index is 12.3. The third-order valence-corrected chi connectivity index (χ3v) is 3.76. The molecule has 0 aliphatic heterocycles. The van der Waals surface area contributed by atoms with Gasteiger partial charge < -0.3 is 35.7 Å². The number of aromatic hydroxyl groups is 5. The van der Waals surface area contributed by atoms with Crippen molar-refractivity contribution in [3.8, 4) is 34.5 Å². The highest BCUT2D eigenvalue weighted by Gasteiger charge is 2.44. The smallest absolute Gasteiger partial charge is 0.182 e. The number of carbonyl (C=O) groups excluding carboxylic acids is 1. The first kappa shape index (κ1) is 15.3. The first-order valence-electron chi connectivity index (χ1n) is 6.68. The van der Waals surface area contributed by atoms with E-state index in [1.807, 2.05) is 0 Å². The van der Waals surface area contributed by atoms with E-state index < -0.39 is 68.7 Å². The number of hydrogen-bond donors (Lipinski definition) is 6.